The Morgan fingerprint density at radius 1 is 1.22 bits per heavy atom. The SMILES string of the molecule is CC(O)C(=O)N(Cc1ccc(C#N)cc1)Cc1cccc(F)c1. The lowest BCUT2D eigenvalue weighted by atomic mass is 10.1. The third kappa shape index (κ3) is 4.63. The van der Waals surface area contributed by atoms with Crippen molar-refractivity contribution >= 4 is 5.91 Å². The molecule has 0 saturated carbocycles. The van der Waals surface area contributed by atoms with E-state index in [4.69, 9.17) is 5.26 Å². The summed E-state index contributed by atoms with van der Waals surface area (Å²) in [7, 11) is 0. The van der Waals surface area contributed by atoms with Crippen LogP contribution in [0, 0.1) is 17.1 Å². The number of amides is 1. The Morgan fingerprint density at radius 3 is 2.43 bits per heavy atom. The standard InChI is InChI=1S/C18H17FN2O2/c1-13(22)18(23)21(12-16-3-2-4-17(19)9-16)11-15-7-5-14(10-20)6-8-15/h2-9,13,22H,11-12H2,1H3. The van der Waals surface area contributed by atoms with Crippen LogP contribution in [0.4, 0.5) is 4.39 Å². The third-order valence-electron chi connectivity index (χ3n) is 3.39. The van der Waals surface area contributed by atoms with Crippen LogP contribution in [-0.4, -0.2) is 22.0 Å². The number of hydrogen-bond donors (Lipinski definition) is 1. The van der Waals surface area contributed by atoms with E-state index in [0.29, 0.717) is 11.1 Å². The maximum absolute atomic E-state index is 13.3. The molecular formula is C18H17FN2O2. The number of halogens is 1. The van der Waals surface area contributed by atoms with E-state index in [9.17, 15) is 14.3 Å². The summed E-state index contributed by atoms with van der Waals surface area (Å²) in [5.74, 6) is -0.802. The number of nitriles is 1. The number of nitrogens with zero attached hydrogens (tertiary/aromatic N) is 2. The Kier molecular flexibility index (Phi) is 5.45. The highest BCUT2D eigenvalue weighted by Crippen LogP contribution is 2.13. The van der Waals surface area contributed by atoms with Gasteiger partial charge < -0.3 is 10.0 Å². The Bertz CT molecular complexity index is 721. The molecule has 5 heteroatoms. The molecule has 2 rings (SSSR count). The first-order valence-electron chi connectivity index (χ1n) is 7.20. The molecule has 1 N–H and O–H groups in total. The van der Waals surface area contributed by atoms with Gasteiger partial charge >= 0.3 is 0 Å². The monoisotopic (exact) mass is 312 g/mol. The van der Waals surface area contributed by atoms with Crippen molar-refractivity contribution in [1.82, 2.24) is 4.90 Å². The first-order valence-corrected chi connectivity index (χ1v) is 7.20. The highest BCUT2D eigenvalue weighted by molar-refractivity contribution is 5.80. The van der Waals surface area contributed by atoms with Gasteiger partial charge in [-0.05, 0) is 42.3 Å². The fourth-order valence-corrected chi connectivity index (χ4v) is 2.24. The van der Waals surface area contributed by atoms with Crippen LogP contribution in [0.1, 0.15) is 23.6 Å². The molecule has 118 valence electrons. The second-order valence-corrected chi connectivity index (χ2v) is 5.31. The summed E-state index contributed by atoms with van der Waals surface area (Å²) in [6, 6.07) is 14.9. The second kappa shape index (κ2) is 7.52. The smallest absolute Gasteiger partial charge is 0.251 e. The van der Waals surface area contributed by atoms with Gasteiger partial charge in [0.15, 0.2) is 0 Å². The molecule has 0 saturated heterocycles. The fourth-order valence-electron chi connectivity index (χ4n) is 2.24. The van der Waals surface area contributed by atoms with Crippen molar-refractivity contribution in [2.45, 2.75) is 26.1 Å². The summed E-state index contributed by atoms with van der Waals surface area (Å²) < 4.78 is 13.3. The largest absolute Gasteiger partial charge is 0.384 e. The fraction of sp³-hybridized carbons (Fsp3) is 0.222. The maximum Gasteiger partial charge on any atom is 0.251 e. The molecule has 1 atom stereocenters. The average Bonchev–Trinajstić information content (AvgIpc) is 2.54. The summed E-state index contributed by atoms with van der Waals surface area (Å²) in [5, 5.41) is 18.4. The predicted octanol–water partition coefficient (Wildman–Crippen LogP) is 2.61. The highest BCUT2D eigenvalue weighted by Gasteiger charge is 2.19. The van der Waals surface area contributed by atoms with Crippen LogP contribution in [-0.2, 0) is 17.9 Å². The van der Waals surface area contributed by atoms with Crippen LogP contribution in [0.15, 0.2) is 48.5 Å². The van der Waals surface area contributed by atoms with Gasteiger partial charge in [-0.15, -0.1) is 0 Å². The third-order valence-corrected chi connectivity index (χ3v) is 3.39. The lowest BCUT2D eigenvalue weighted by Crippen LogP contribution is -2.36. The number of carbonyl (C=O) groups excluding carboxylic acids is 1. The molecular weight excluding hydrogens is 295 g/mol. The van der Waals surface area contributed by atoms with Crippen LogP contribution in [0.25, 0.3) is 0 Å². The van der Waals surface area contributed by atoms with E-state index in [1.807, 2.05) is 6.07 Å². The van der Waals surface area contributed by atoms with Crippen molar-refractivity contribution < 1.29 is 14.3 Å². The summed E-state index contributed by atoms with van der Waals surface area (Å²) in [6.45, 7) is 1.87. The molecule has 2 aromatic rings. The number of aliphatic hydroxyl groups excluding tert-OH is 1. The molecule has 0 bridgehead atoms. The van der Waals surface area contributed by atoms with Crippen molar-refractivity contribution in [3.8, 4) is 6.07 Å². The van der Waals surface area contributed by atoms with E-state index in [1.165, 1.54) is 24.0 Å². The zero-order chi connectivity index (χ0) is 16.8. The minimum atomic E-state index is -1.14. The summed E-state index contributed by atoms with van der Waals surface area (Å²) in [5.41, 5.74) is 2.01. The molecule has 0 aliphatic rings. The first kappa shape index (κ1) is 16.7. The second-order valence-electron chi connectivity index (χ2n) is 5.31. The van der Waals surface area contributed by atoms with Gasteiger partial charge in [0, 0.05) is 13.1 Å². The normalized spacial score (nSPS) is 11.6. The Labute approximate surface area is 134 Å². The lowest BCUT2D eigenvalue weighted by molar-refractivity contribution is -0.140. The van der Waals surface area contributed by atoms with E-state index in [0.717, 1.165) is 5.56 Å². The molecule has 0 aliphatic heterocycles. The molecule has 0 aromatic heterocycles. The van der Waals surface area contributed by atoms with Crippen molar-refractivity contribution in [1.29, 1.82) is 5.26 Å². The lowest BCUT2D eigenvalue weighted by Gasteiger charge is -2.24. The van der Waals surface area contributed by atoms with Crippen LogP contribution in [0.5, 0.6) is 0 Å². The molecule has 4 nitrogen and oxygen atoms in total. The van der Waals surface area contributed by atoms with Crippen molar-refractivity contribution in [2.24, 2.45) is 0 Å². The number of carbonyl (C=O) groups is 1. The number of hydrogen-bond acceptors (Lipinski definition) is 3. The molecule has 1 unspecified atom stereocenters. The van der Waals surface area contributed by atoms with Crippen LogP contribution >= 0.6 is 0 Å². The zero-order valence-electron chi connectivity index (χ0n) is 12.7. The van der Waals surface area contributed by atoms with Gasteiger partial charge in [0.05, 0.1) is 11.6 Å². The highest BCUT2D eigenvalue weighted by atomic mass is 19.1. The number of rotatable bonds is 5. The van der Waals surface area contributed by atoms with E-state index < -0.39 is 12.0 Å². The maximum atomic E-state index is 13.3. The molecule has 2 aromatic carbocycles. The van der Waals surface area contributed by atoms with Gasteiger partial charge in [-0.25, -0.2) is 4.39 Å². The van der Waals surface area contributed by atoms with E-state index in [-0.39, 0.29) is 18.9 Å². The van der Waals surface area contributed by atoms with Crippen LogP contribution < -0.4 is 0 Å². The van der Waals surface area contributed by atoms with Crippen molar-refractivity contribution in [3.63, 3.8) is 0 Å². The van der Waals surface area contributed by atoms with E-state index in [1.54, 1.807) is 36.4 Å². The topological polar surface area (TPSA) is 64.3 Å². The number of benzene rings is 2. The van der Waals surface area contributed by atoms with Crippen molar-refractivity contribution in [2.75, 3.05) is 0 Å². The Hall–Kier alpha value is -2.71. The summed E-state index contributed by atoms with van der Waals surface area (Å²) >= 11 is 0. The van der Waals surface area contributed by atoms with E-state index >= 15 is 0 Å². The predicted molar refractivity (Wildman–Crippen MR) is 83.5 cm³/mol. The van der Waals surface area contributed by atoms with Crippen LogP contribution in [0.2, 0.25) is 0 Å². The Balaban J connectivity index is 2.20. The average molecular weight is 312 g/mol. The molecule has 23 heavy (non-hydrogen) atoms. The van der Waals surface area contributed by atoms with Gasteiger partial charge in [0.1, 0.15) is 11.9 Å². The molecule has 0 spiro atoms. The van der Waals surface area contributed by atoms with Crippen molar-refractivity contribution in [3.05, 3.63) is 71.0 Å². The van der Waals surface area contributed by atoms with Gasteiger partial charge in [0.25, 0.3) is 5.91 Å². The number of aliphatic hydroxyl groups is 1. The van der Waals surface area contributed by atoms with Gasteiger partial charge in [-0.1, -0.05) is 24.3 Å². The minimum Gasteiger partial charge on any atom is -0.384 e. The van der Waals surface area contributed by atoms with Crippen LogP contribution in [0.3, 0.4) is 0 Å². The zero-order valence-corrected chi connectivity index (χ0v) is 12.7. The summed E-state index contributed by atoms with van der Waals surface area (Å²) in [4.78, 5) is 13.6. The molecule has 0 radical (unpaired) electrons. The quantitative estimate of drug-likeness (QED) is 0.923. The Morgan fingerprint density at radius 2 is 1.87 bits per heavy atom. The minimum absolute atomic E-state index is 0.196. The van der Waals surface area contributed by atoms with Gasteiger partial charge in [0.2, 0.25) is 0 Å². The molecule has 0 heterocycles. The van der Waals surface area contributed by atoms with Gasteiger partial charge in [-0.3, -0.25) is 4.79 Å². The first-order chi connectivity index (χ1) is 11.0. The van der Waals surface area contributed by atoms with E-state index in [2.05, 4.69) is 0 Å². The molecule has 0 aliphatic carbocycles. The summed E-state index contributed by atoms with van der Waals surface area (Å²) in [6.07, 6.45) is -1.14. The molecule has 1 amide bonds. The van der Waals surface area contributed by atoms with Gasteiger partial charge in [-0.2, -0.15) is 5.26 Å². The molecule has 0 fully saturated rings.